The second kappa shape index (κ2) is 6.98. The van der Waals surface area contributed by atoms with E-state index in [1.165, 1.54) is 28.5 Å². The van der Waals surface area contributed by atoms with Crippen molar-refractivity contribution in [3.8, 4) is 0 Å². The Labute approximate surface area is 165 Å². The molecule has 1 aromatic heterocycles. The van der Waals surface area contributed by atoms with E-state index in [0.29, 0.717) is 5.69 Å². The number of aromatic nitrogens is 2. The summed E-state index contributed by atoms with van der Waals surface area (Å²) in [7, 11) is -3.32. The van der Waals surface area contributed by atoms with Gasteiger partial charge in [-0.3, -0.25) is 4.72 Å². The van der Waals surface area contributed by atoms with Crippen molar-refractivity contribution in [3.05, 3.63) is 76.9 Å². The first-order valence-corrected chi connectivity index (χ1v) is 11.1. The van der Waals surface area contributed by atoms with Crippen LogP contribution in [0.2, 0.25) is 0 Å². The van der Waals surface area contributed by atoms with E-state index < -0.39 is 10.0 Å². The monoisotopic (exact) mass is 396 g/mol. The van der Waals surface area contributed by atoms with E-state index in [0.717, 1.165) is 24.3 Å². The molecule has 2 heterocycles. The number of aryl methyl sites for hydroxylation is 1. The summed E-state index contributed by atoms with van der Waals surface area (Å²) in [5, 5.41) is 0. The van der Waals surface area contributed by atoms with Gasteiger partial charge in [-0.1, -0.05) is 24.3 Å². The Balaban J connectivity index is 1.82. The van der Waals surface area contributed by atoms with E-state index in [-0.39, 0.29) is 6.04 Å². The molecule has 0 bridgehead atoms. The number of sulfonamides is 1. The molecule has 0 amide bonds. The molecule has 1 atom stereocenters. The summed E-state index contributed by atoms with van der Waals surface area (Å²) in [6, 6.07) is 12.1. The van der Waals surface area contributed by atoms with Gasteiger partial charge in [-0.25, -0.2) is 13.4 Å². The summed E-state index contributed by atoms with van der Waals surface area (Å²) in [6.07, 6.45) is 5.65. The van der Waals surface area contributed by atoms with Crippen LogP contribution < -0.4 is 9.62 Å². The van der Waals surface area contributed by atoms with Crippen molar-refractivity contribution in [2.75, 3.05) is 22.4 Å². The van der Waals surface area contributed by atoms with Crippen LogP contribution in [-0.4, -0.2) is 31.2 Å². The van der Waals surface area contributed by atoms with E-state index in [1.807, 2.05) is 24.4 Å². The van der Waals surface area contributed by atoms with Gasteiger partial charge in [0.05, 0.1) is 36.2 Å². The number of anilines is 2. The van der Waals surface area contributed by atoms with Gasteiger partial charge < -0.3 is 9.88 Å². The molecule has 0 saturated heterocycles. The van der Waals surface area contributed by atoms with Gasteiger partial charge in [0.25, 0.3) is 0 Å². The van der Waals surface area contributed by atoms with Crippen LogP contribution in [0.15, 0.2) is 48.9 Å². The summed E-state index contributed by atoms with van der Waals surface area (Å²) in [6.45, 7) is 5.12. The molecule has 7 heteroatoms. The highest BCUT2D eigenvalue weighted by atomic mass is 32.2. The normalized spacial score (nSPS) is 14.8. The highest BCUT2D eigenvalue weighted by molar-refractivity contribution is 7.92. The molecule has 0 radical (unpaired) electrons. The zero-order valence-corrected chi connectivity index (χ0v) is 17.0. The molecule has 0 saturated carbocycles. The fourth-order valence-electron chi connectivity index (χ4n) is 3.94. The van der Waals surface area contributed by atoms with Gasteiger partial charge >= 0.3 is 0 Å². The van der Waals surface area contributed by atoms with Gasteiger partial charge in [0.15, 0.2) is 0 Å². The Morgan fingerprint density at radius 2 is 2.04 bits per heavy atom. The largest absolute Gasteiger partial charge is 0.358 e. The summed E-state index contributed by atoms with van der Waals surface area (Å²) in [5.74, 6) is 0. The molecule has 4 rings (SSSR count). The van der Waals surface area contributed by atoms with Crippen LogP contribution in [0, 0.1) is 13.8 Å². The van der Waals surface area contributed by atoms with E-state index in [2.05, 4.69) is 51.6 Å². The average molecular weight is 397 g/mol. The predicted octanol–water partition coefficient (Wildman–Crippen LogP) is 3.55. The smallest absolute Gasteiger partial charge is 0.229 e. The molecule has 3 aromatic rings. The van der Waals surface area contributed by atoms with Crippen molar-refractivity contribution in [3.63, 3.8) is 0 Å². The molecule has 28 heavy (non-hydrogen) atoms. The maximum atomic E-state index is 11.7. The maximum absolute atomic E-state index is 11.7. The molecule has 2 N–H and O–H groups in total. The number of hydrogen-bond donors (Lipinski definition) is 2. The first-order valence-electron chi connectivity index (χ1n) is 9.25. The Morgan fingerprint density at radius 1 is 1.21 bits per heavy atom. The summed E-state index contributed by atoms with van der Waals surface area (Å²) in [5.41, 5.74) is 7.58. The Kier molecular flexibility index (Phi) is 4.63. The first kappa shape index (κ1) is 18.6. The number of H-pyrrole nitrogens is 1. The third-order valence-corrected chi connectivity index (χ3v) is 5.99. The highest BCUT2D eigenvalue weighted by Gasteiger charge is 2.31. The molecule has 2 aromatic carbocycles. The van der Waals surface area contributed by atoms with E-state index >= 15 is 0 Å². The van der Waals surface area contributed by atoms with Crippen molar-refractivity contribution < 1.29 is 8.42 Å². The SMILES string of the molecule is Cc1cccc(C(c2cnc[nH]2)N2CCc3ccc(NS(C)(=O)=O)cc32)c1C. The minimum Gasteiger partial charge on any atom is -0.358 e. The molecule has 1 aliphatic heterocycles. The standard InChI is InChI=1S/C21H24N4O2S/c1-14-5-4-6-18(15(14)2)21(19-12-22-13-23-19)25-10-9-16-7-8-17(11-20(16)25)24-28(3,26)27/h4-8,11-13,21,24H,9-10H2,1-3H3,(H,22,23). The predicted molar refractivity (Wildman–Crippen MR) is 112 cm³/mol. The van der Waals surface area contributed by atoms with Crippen LogP contribution in [0.1, 0.15) is 34.0 Å². The molecule has 1 aliphatic rings. The van der Waals surface area contributed by atoms with Crippen LogP contribution in [0.4, 0.5) is 11.4 Å². The molecule has 6 nitrogen and oxygen atoms in total. The lowest BCUT2D eigenvalue weighted by Crippen LogP contribution is -2.29. The number of nitrogens with zero attached hydrogens (tertiary/aromatic N) is 2. The van der Waals surface area contributed by atoms with Gasteiger partial charge in [0, 0.05) is 12.2 Å². The second-order valence-electron chi connectivity index (χ2n) is 7.36. The molecular formula is C21H24N4O2S. The highest BCUT2D eigenvalue weighted by Crippen LogP contribution is 2.40. The lowest BCUT2D eigenvalue weighted by atomic mass is 9.94. The minimum atomic E-state index is -3.32. The molecule has 0 aliphatic carbocycles. The van der Waals surface area contributed by atoms with Gasteiger partial charge in [-0.2, -0.15) is 0 Å². The number of rotatable bonds is 5. The lowest BCUT2D eigenvalue weighted by Gasteiger charge is -2.31. The third kappa shape index (κ3) is 3.49. The maximum Gasteiger partial charge on any atom is 0.229 e. The fraction of sp³-hybridized carbons (Fsp3) is 0.286. The third-order valence-electron chi connectivity index (χ3n) is 5.39. The van der Waals surface area contributed by atoms with Gasteiger partial charge in [0.2, 0.25) is 10.0 Å². The molecule has 146 valence electrons. The van der Waals surface area contributed by atoms with Crippen LogP contribution in [0.25, 0.3) is 0 Å². The molecular weight excluding hydrogens is 372 g/mol. The number of benzene rings is 2. The van der Waals surface area contributed by atoms with Crippen LogP contribution in [0.5, 0.6) is 0 Å². The Bertz CT molecular complexity index is 1110. The number of imidazole rings is 1. The van der Waals surface area contributed by atoms with Crippen molar-refractivity contribution in [2.45, 2.75) is 26.3 Å². The summed E-state index contributed by atoms with van der Waals surface area (Å²) in [4.78, 5) is 9.85. The fourth-order valence-corrected chi connectivity index (χ4v) is 4.49. The van der Waals surface area contributed by atoms with Crippen LogP contribution >= 0.6 is 0 Å². The van der Waals surface area contributed by atoms with E-state index in [4.69, 9.17) is 0 Å². The van der Waals surface area contributed by atoms with Crippen molar-refractivity contribution >= 4 is 21.4 Å². The number of hydrogen-bond acceptors (Lipinski definition) is 4. The van der Waals surface area contributed by atoms with E-state index in [9.17, 15) is 8.42 Å². The lowest BCUT2D eigenvalue weighted by molar-refractivity contribution is 0.607. The van der Waals surface area contributed by atoms with Crippen molar-refractivity contribution in [1.29, 1.82) is 0 Å². The molecule has 0 spiro atoms. The van der Waals surface area contributed by atoms with Gasteiger partial charge in [-0.05, 0) is 54.7 Å². The second-order valence-corrected chi connectivity index (χ2v) is 9.11. The van der Waals surface area contributed by atoms with Crippen molar-refractivity contribution in [1.82, 2.24) is 9.97 Å². The number of fused-ring (bicyclic) bond motifs is 1. The summed E-state index contributed by atoms with van der Waals surface area (Å²) >= 11 is 0. The zero-order valence-electron chi connectivity index (χ0n) is 16.2. The Hall–Kier alpha value is -2.80. The topological polar surface area (TPSA) is 78.1 Å². The summed E-state index contributed by atoms with van der Waals surface area (Å²) < 4.78 is 25.9. The van der Waals surface area contributed by atoms with Crippen LogP contribution in [0.3, 0.4) is 0 Å². The number of aromatic amines is 1. The number of nitrogens with one attached hydrogen (secondary N) is 2. The quantitative estimate of drug-likeness (QED) is 0.691. The zero-order chi connectivity index (χ0) is 19.9. The van der Waals surface area contributed by atoms with Gasteiger partial charge in [0.1, 0.15) is 0 Å². The molecule has 1 unspecified atom stereocenters. The average Bonchev–Trinajstić information content (AvgIpc) is 3.28. The van der Waals surface area contributed by atoms with Gasteiger partial charge in [-0.15, -0.1) is 0 Å². The van der Waals surface area contributed by atoms with Crippen molar-refractivity contribution in [2.24, 2.45) is 0 Å². The minimum absolute atomic E-state index is 0.0165. The van der Waals surface area contributed by atoms with Crippen LogP contribution in [-0.2, 0) is 16.4 Å². The Morgan fingerprint density at radius 3 is 2.75 bits per heavy atom. The van der Waals surface area contributed by atoms with E-state index in [1.54, 1.807) is 6.33 Å². The molecule has 0 fully saturated rings. The first-order chi connectivity index (χ1) is 13.3.